The van der Waals surface area contributed by atoms with Crippen LogP contribution in [0.2, 0.25) is 0 Å². The van der Waals surface area contributed by atoms with E-state index in [-0.39, 0.29) is 0 Å². The van der Waals surface area contributed by atoms with Crippen LogP contribution in [0.15, 0.2) is 23.1 Å². The smallest absolute Gasteiger partial charge is 0.273 e. The highest BCUT2D eigenvalue weighted by Crippen LogP contribution is 2.17. The first-order valence-corrected chi connectivity index (χ1v) is 6.19. The summed E-state index contributed by atoms with van der Waals surface area (Å²) in [6, 6.07) is 1.70. The van der Waals surface area contributed by atoms with Crippen LogP contribution in [0.4, 0.5) is 17.6 Å². The van der Waals surface area contributed by atoms with Crippen LogP contribution in [0.1, 0.15) is 0 Å². The fourth-order valence-electron chi connectivity index (χ4n) is 1.04. The van der Waals surface area contributed by atoms with E-state index in [1.165, 1.54) is 4.72 Å². The number of hydrogen-bond acceptors (Lipinski definition) is 3. The van der Waals surface area contributed by atoms with Crippen LogP contribution in [0.3, 0.4) is 0 Å². The Morgan fingerprint density at radius 2 is 1.89 bits per heavy atom. The maximum Gasteiger partial charge on any atom is 0.273 e. The van der Waals surface area contributed by atoms with Crippen LogP contribution in [-0.4, -0.2) is 27.4 Å². The molecular formula is C9H10F4N2O2S. The predicted molar refractivity (Wildman–Crippen MR) is 55.5 cm³/mol. The van der Waals surface area contributed by atoms with E-state index in [4.69, 9.17) is 5.73 Å². The minimum Gasteiger partial charge on any atom is -0.325 e. The lowest BCUT2D eigenvalue weighted by atomic mass is 10.3. The van der Waals surface area contributed by atoms with Crippen molar-refractivity contribution >= 4 is 10.0 Å². The zero-order valence-corrected chi connectivity index (χ0v) is 9.78. The van der Waals surface area contributed by atoms with Crippen LogP contribution in [0, 0.1) is 11.6 Å². The van der Waals surface area contributed by atoms with E-state index in [0.717, 1.165) is 0 Å². The summed E-state index contributed by atoms with van der Waals surface area (Å²) >= 11 is 0. The molecule has 0 aliphatic rings. The largest absolute Gasteiger partial charge is 0.325 e. The van der Waals surface area contributed by atoms with Gasteiger partial charge in [0.25, 0.3) is 5.92 Å². The van der Waals surface area contributed by atoms with Crippen LogP contribution in [0.5, 0.6) is 0 Å². The molecule has 0 aliphatic carbocycles. The molecule has 0 radical (unpaired) electrons. The number of nitrogens with one attached hydrogen (secondary N) is 1. The predicted octanol–water partition coefficient (Wildman–Crippen LogP) is 0.837. The van der Waals surface area contributed by atoms with Gasteiger partial charge in [-0.15, -0.1) is 0 Å². The van der Waals surface area contributed by atoms with E-state index in [1.54, 1.807) is 0 Å². The summed E-state index contributed by atoms with van der Waals surface area (Å²) in [5.74, 6) is -5.78. The lowest BCUT2D eigenvalue weighted by molar-refractivity contribution is 0.0170. The fourth-order valence-corrected chi connectivity index (χ4v) is 2.16. The summed E-state index contributed by atoms with van der Waals surface area (Å²) in [4.78, 5) is -0.906. The highest BCUT2D eigenvalue weighted by molar-refractivity contribution is 7.89. The normalized spacial score (nSPS) is 12.7. The van der Waals surface area contributed by atoms with E-state index >= 15 is 0 Å². The van der Waals surface area contributed by atoms with Crippen molar-refractivity contribution < 1.29 is 26.0 Å². The van der Waals surface area contributed by atoms with Gasteiger partial charge in [0, 0.05) is 6.07 Å². The summed E-state index contributed by atoms with van der Waals surface area (Å²) in [5, 5.41) is 0. The van der Waals surface area contributed by atoms with Gasteiger partial charge < -0.3 is 5.73 Å². The van der Waals surface area contributed by atoms with Crippen LogP contribution >= 0.6 is 0 Å². The second-order valence-corrected chi connectivity index (χ2v) is 5.19. The number of alkyl halides is 2. The Balaban J connectivity index is 2.94. The molecule has 0 bridgehead atoms. The zero-order chi connectivity index (χ0) is 14.0. The molecule has 0 saturated carbocycles. The second kappa shape index (κ2) is 5.21. The SMILES string of the molecule is NCC(F)(F)CNS(=O)(=O)c1ccc(F)cc1F. The van der Waals surface area contributed by atoms with Gasteiger partial charge in [-0.05, 0) is 12.1 Å². The third kappa shape index (κ3) is 3.65. The van der Waals surface area contributed by atoms with Crippen LogP contribution in [-0.2, 0) is 10.0 Å². The van der Waals surface area contributed by atoms with Crippen molar-refractivity contribution in [3.8, 4) is 0 Å². The quantitative estimate of drug-likeness (QED) is 0.788. The van der Waals surface area contributed by atoms with Gasteiger partial charge in [0.1, 0.15) is 16.5 Å². The molecule has 0 saturated heterocycles. The molecule has 4 nitrogen and oxygen atoms in total. The van der Waals surface area contributed by atoms with Gasteiger partial charge in [-0.2, -0.15) is 0 Å². The number of hydrogen-bond donors (Lipinski definition) is 2. The standard InChI is InChI=1S/C9H10F4N2O2S/c10-6-1-2-8(7(11)3-6)18(16,17)15-5-9(12,13)4-14/h1-3,15H,4-5,14H2. The van der Waals surface area contributed by atoms with E-state index in [1.807, 2.05) is 0 Å². The molecule has 0 unspecified atom stereocenters. The summed E-state index contributed by atoms with van der Waals surface area (Å²) in [5.41, 5.74) is 4.72. The van der Waals surface area contributed by atoms with Crippen molar-refractivity contribution in [3.05, 3.63) is 29.8 Å². The molecule has 9 heteroatoms. The minimum atomic E-state index is -4.48. The lowest BCUT2D eigenvalue weighted by Gasteiger charge is -2.14. The summed E-state index contributed by atoms with van der Waals surface area (Å²) in [7, 11) is -4.48. The Labute approximate surface area is 101 Å². The van der Waals surface area contributed by atoms with Crippen LogP contribution < -0.4 is 10.5 Å². The van der Waals surface area contributed by atoms with Gasteiger partial charge in [-0.3, -0.25) is 0 Å². The van der Waals surface area contributed by atoms with Gasteiger partial charge in [0.15, 0.2) is 0 Å². The van der Waals surface area contributed by atoms with Crippen molar-refractivity contribution in [2.24, 2.45) is 5.73 Å². The van der Waals surface area contributed by atoms with Gasteiger partial charge in [0.05, 0.1) is 13.1 Å². The highest BCUT2D eigenvalue weighted by Gasteiger charge is 2.30. The third-order valence-corrected chi connectivity index (χ3v) is 3.44. The molecule has 0 aromatic heterocycles. The maximum atomic E-state index is 13.2. The first-order valence-electron chi connectivity index (χ1n) is 4.70. The van der Waals surface area contributed by atoms with Gasteiger partial charge in [-0.1, -0.05) is 0 Å². The first-order chi connectivity index (χ1) is 8.18. The average Bonchev–Trinajstić information content (AvgIpc) is 2.26. The molecule has 0 aliphatic heterocycles. The molecule has 102 valence electrons. The Kier molecular flexibility index (Phi) is 4.30. The van der Waals surface area contributed by atoms with Crippen molar-refractivity contribution in [2.45, 2.75) is 10.8 Å². The molecule has 0 spiro atoms. The second-order valence-electron chi connectivity index (χ2n) is 3.46. The molecule has 0 amide bonds. The average molecular weight is 286 g/mol. The van der Waals surface area contributed by atoms with Crippen molar-refractivity contribution in [2.75, 3.05) is 13.1 Å². The van der Waals surface area contributed by atoms with Gasteiger partial charge in [-0.25, -0.2) is 30.7 Å². The number of rotatable bonds is 5. The molecule has 1 rings (SSSR count). The molecule has 1 aromatic rings. The minimum absolute atomic E-state index is 0.343. The van der Waals surface area contributed by atoms with E-state index in [2.05, 4.69) is 0 Å². The van der Waals surface area contributed by atoms with Crippen LogP contribution in [0.25, 0.3) is 0 Å². The van der Waals surface area contributed by atoms with Gasteiger partial charge in [0.2, 0.25) is 10.0 Å². The third-order valence-electron chi connectivity index (χ3n) is 2.00. The molecule has 0 fully saturated rings. The molecule has 0 heterocycles. The van der Waals surface area contributed by atoms with E-state index in [9.17, 15) is 26.0 Å². The van der Waals surface area contributed by atoms with E-state index < -0.39 is 45.6 Å². The van der Waals surface area contributed by atoms with E-state index in [0.29, 0.717) is 18.2 Å². The van der Waals surface area contributed by atoms with Crippen molar-refractivity contribution in [3.63, 3.8) is 0 Å². The Morgan fingerprint density at radius 3 is 2.39 bits per heavy atom. The fraction of sp³-hybridized carbons (Fsp3) is 0.333. The number of benzene rings is 1. The van der Waals surface area contributed by atoms with Crippen molar-refractivity contribution in [1.82, 2.24) is 4.72 Å². The molecule has 18 heavy (non-hydrogen) atoms. The number of sulfonamides is 1. The molecular weight excluding hydrogens is 276 g/mol. The number of halogens is 4. The Bertz CT molecular complexity index is 533. The summed E-state index contributed by atoms with van der Waals surface area (Å²) < 4.78 is 75.7. The monoisotopic (exact) mass is 286 g/mol. The number of nitrogens with two attached hydrogens (primary N) is 1. The topological polar surface area (TPSA) is 72.2 Å². The molecule has 3 N–H and O–H groups in total. The molecule has 0 atom stereocenters. The Morgan fingerprint density at radius 1 is 1.28 bits per heavy atom. The highest BCUT2D eigenvalue weighted by atomic mass is 32.2. The lowest BCUT2D eigenvalue weighted by Crippen LogP contribution is -2.41. The molecule has 1 aromatic carbocycles. The maximum absolute atomic E-state index is 13.2. The van der Waals surface area contributed by atoms with Crippen molar-refractivity contribution in [1.29, 1.82) is 0 Å². The zero-order valence-electron chi connectivity index (χ0n) is 8.96. The summed E-state index contributed by atoms with van der Waals surface area (Å²) in [6.45, 7) is -2.32. The van der Waals surface area contributed by atoms with Gasteiger partial charge >= 0.3 is 0 Å². The first kappa shape index (κ1) is 14.9. The summed E-state index contributed by atoms with van der Waals surface area (Å²) in [6.07, 6.45) is 0. The Hall–Kier alpha value is -1.19.